The van der Waals surface area contributed by atoms with Crippen LogP contribution in [0, 0.1) is 0 Å². The lowest BCUT2D eigenvalue weighted by atomic mass is 10.4. The van der Waals surface area contributed by atoms with Crippen molar-refractivity contribution in [3.8, 4) is 0 Å². The third-order valence-electron chi connectivity index (χ3n) is 1.59. The molecule has 3 aromatic rings. The van der Waals surface area contributed by atoms with Crippen LogP contribution in [0.1, 0.15) is 0 Å². The summed E-state index contributed by atoms with van der Waals surface area (Å²) in [4.78, 5) is 6.80. The summed E-state index contributed by atoms with van der Waals surface area (Å²) in [6, 6.07) is 7.57. The molecule has 0 bridgehead atoms. The quantitative estimate of drug-likeness (QED) is 0.558. The van der Waals surface area contributed by atoms with Crippen molar-refractivity contribution in [2.24, 2.45) is 0 Å². The van der Waals surface area contributed by atoms with Gasteiger partial charge in [-0.3, -0.25) is 0 Å². The van der Waals surface area contributed by atoms with Crippen LogP contribution in [-0.4, -0.2) is 25.4 Å². The highest BCUT2D eigenvalue weighted by molar-refractivity contribution is 5.67. The van der Waals surface area contributed by atoms with Crippen molar-refractivity contribution in [2.75, 3.05) is 0 Å². The number of nitrogens with zero attached hydrogens (tertiary/aromatic N) is 3. The monoisotopic (exact) mass is 187 g/mol. The first kappa shape index (κ1) is 8.43. The number of hydrogen-bond donors (Lipinski definition) is 2. The number of H-pyrrole nitrogens is 2. The first-order valence-electron chi connectivity index (χ1n) is 4.16. The summed E-state index contributed by atoms with van der Waals surface area (Å²) in [5.41, 5.74) is 1.47. The Morgan fingerprint density at radius 2 is 1.86 bits per heavy atom. The number of nitrogens with one attached hydrogen (secondary N) is 2. The Hall–Kier alpha value is -2.17. The number of hydrogen-bond acceptors (Lipinski definition) is 3. The Morgan fingerprint density at radius 1 is 1.00 bits per heavy atom. The molecule has 5 nitrogen and oxygen atoms in total. The summed E-state index contributed by atoms with van der Waals surface area (Å²) in [7, 11) is 0. The summed E-state index contributed by atoms with van der Waals surface area (Å²) < 4.78 is 0. The molecule has 0 aliphatic rings. The molecule has 0 fully saturated rings. The minimum Gasteiger partial charge on any atom is -0.368 e. The Labute approximate surface area is 80.2 Å². The third kappa shape index (κ3) is 1.95. The van der Waals surface area contributed by atoms with Gasteiger partial charge in [0.2, 0.25) is 5.65 Å². The second kappa shape index (κ2) is 4.18. The van der Waals surface area contributed by atoms with E-state index in [1.54, 1.807) is 6.20 Å². The molecule has 0 aromatic carbocycles. The number of rotatable bonds is 0. The largest absolute Gasteiger partial charge is 0.368 e. The van der Waals surface area contributed by atoms with E-state index in [-0.39, 0.29) is 0 Å². The van der Waals surface area contributed by atoms with Gasteiger partial charge in [0.05, 0.1) is 0 Å². The Bertz CT molecular complexity index is 423. The molecular formula is C9H9N5. The van der Waals surface area contributed by atoms with Crippen LogP contribution in [0.2, 0.25) is 0 Å². The van der Waals surface area contributed by atoms with Gasteiger partial charge < -0.3 is 4.98 Å². The van der Waals surface area contributed by atoms with E-state index in [2.05, 4.69) is 25.4 Å². The molecule has 3 heterocycles. The van der Waals surface area contributed by atoms with Gasteiger partial charge in [-0.2, -0.15) is 10.3 Å². The van der Waals surface area contributed by atoms with E-state index in [1.807, 2.05) is 36.7 Å². The zero-order chi connectivity index (χ0) is 9.64. The van der Waals surface area contributed by atoms with Crippen molar-refractivity contribution in [2.45, 2.75) is 0 Å². The summed E-state index contributed by atoms with van der Waals surface area (Å²) in [5.74, 6) is 0. The van der Waals surface area contributed by atoms with Crippen LogP contribution in [0.4, 0.5) is 0 Å². The molecule has 0 saturated carbocycles. The van der Waals surface area contributed by atoms with Gasteiger partial charge in [-0.05, 0) is 24.3 Å². The van der Waals surface area contributed by atoms with Crippen LogP contribution in [0.3, 0.4) is 0 Å². The first-order chi connectivity index (χ1) is 6.97. The number of aromatic amines is 2. The third-order valence-corrected chi connectivity index (χ3v) is 1.59. The highest BCUT2D eigenvalue weighted by Crippen LogP contribution is 1.99. The maximum absolute atomic E-state index is 3.94. The number of aromatic nitrogens is 5. The highest BCUT2D eigenvalue weighted by atomic mass is 15.3. The maximum atomic E-state index is 3.94. The number of fused-ring (bicyclic) bond motifs is 1. The van der Waals surface area contributed by atoms with Crippen LogP contribution in [-0.2, 0) is 0 Å². The fraction of sp³-hybridized carbons (Fsp3) is 0. The van der Waals surface area contributed by atoms with Crippen molar-refractivity contribution < 1.29 is 0 Å². The van der Waals surface area contributed by atoms with Crippen molar-refractivity contribution in [1.82, 2.24) is 25.4 Å². The van der Waals surface area contributed by atoms with Gasteiger partial charge in [-0.25, -0.2) is 4.98 Å². The molecule has 5 heteroatoms. The van der Waals surface area contributed by atoms with Crippen molar-refractivity contribution >= 4 is 11.2 Å². The van der Waals surface area contributed by atoms with E-state index in [4.69, 9.17) is 0 Å². The smallest absolute Gasteiger partial charge is 0.201 e. The van der Waals surface area contributed by atoms with Gasteiger partial charge in [0.15, 0.2) is 0 Å². The Balaban J connectivity index is 0.000000128. The van der Waals surface area contributed by atoms with E-state index in [1.165, 1.54) is 0 Å². The fourth-order valence-electron chi connectivity index (χ4n) is 0.966. The van der Waals surface area contributed by atoms with Crippen LogP contribution in [0.15, 0.2) is 42.9 Å². The maximum Gasteiger partial charge on any atom is 0.201 e. The molecule has 3 aromatic heterocycles. The second-order valence-electron chi connectivity index (χ2n) is 2.55. The fourth-order valence-corrected chi connectivity index (χ4v) is 0.966. The lowest BCUT2D eigenvalue weighted by Crippen LogP contribution is -1.71. The molecule has 0 amide bonds. The molecule has 3 rings (SSSR count). The minimum absolute atomic E-state index is 0.664. The first-order valence-corrected chi connectivity index (χ1v) is 4.16. The van der Waals surface area contributed by atoms with Gasteiger partial charge in [0, 0.05) is 18.6 Å². The molecule has 0 aliphatic carbocycles. The molecular weight excluding hydrogens is 178 g/mol. The average molecular weight is 187 g/mol. The zero-order valence-electron chi connectivity index (χ0n) is 7.38. The molecule has 14 heavy (non-hydrogen) atoms. The summed E-state index contributed by atoms with van der Waals surface area (Å²) >= 11 is 0. The molecule has 0 saturated heterocycles. The topological polar surface area (TPSA) is 70.2 Å². The molecule has 0 unspecified atom stereocenters. The minimum atomic E-state index is 0.664. The van der Waals surface area contributed by atoms with Gasteiger partial charge >= 0.3 is 0 Å². The van der Waals surface area contributed by atoms with Crippen LogP contribution >= 0.6 is 0 Å². The zero-order valence-corrected chi connectivity index (χ0v) is 7.38. The van der Waals surface area contributed by atoms with E-state index in [0.717, 1.165) is 5.52 Å². The summed E-state index contributed by atoms with van der Waals surface area (Å²) in [6.45, 7) is 0. The van der Waals surface area contributed by atoms with E-state index in [0.29, 0.717) is 5.65 Å². The lowest BCUT2D eigenvalue weighted by molar-refractivity contribution is 0.954. The van der Waals surface area contributed by atoms with Gasteiger partial charge in [0.1, 0.15) is 5.52 Å². The van der Waals surface area contributed by atoms with Gasteiger partial charge in [-0.1, -0.05) is 0 Å². The summed E-state index contributed by atoms with van der Waals surface area (Å²) in [5, 5.41) is 10.1. The molecule has 0 aliphatic heterocycles. The second-order valence-corrected chi connectivity index (χ2v) is 2.55. The molecule has 2 N–H and O–H groups in total. The van der Waals surface area contributed by atoms with Crippen molar-refractivity contribution in [3.05, 3.63) is 42.9 Å². The molecule has 70 valence electrons. The predicted molar refractivity (Wildman–Crippen MR) is 52.5 cm³/mol. The van der Waals surface area contributed by atoms with Crippen LogP contribution in [0.5, 0.6) is 0 Å². The Morgan fingerprint density at radius 3 is 2.50 bits per heavy atom. The SMILES string of the molecule is c1cc[nH]c1.c1cnc2n[nH]nc2c1. The van der Waals surface area contributed by atoms with Crippen LogP contribution < -0.4 is 0 Å². The number of pyridine rings is 1. The van der Waals surface area contributed by atoms with E-state index in [9.17, 15) is 0 Å². The molecule has 0 spiro atoms. The predicted octanol–water partition coefficient (Wildman–Crippen LogP) is 1.37. The molecule has 0 atom stereocenters. The normalized spacial score (nSPS) is 9.43. The standard InChI is InChI=1S/C5H4N4.C4H5N/c1-2-4-5(6-3-1)8-9-7-4;1-2-4-5-3-1/h1-3H,(H,6,7,8,9);1-5H. The average Bonchev–Trinajstić information content (AvgIpc) is 2.92. The highest BCUT2D eigenvalue weighted by Gasteiger charge is 1.92. The summed E-state index contributed by atoms with van der Waals surface area (Å²) in [6.07, 6.45) is 5.44. The van der Waals surface area contributed by atoms with Crippen LogP contribution in [0.25, 0.3) is 11.2 Å². The lowest BCUT2D eigenvalue weighted by Gasteiger charge is -1.77. The Kier molecular flexibility index (Phi) is 2.51. The van der Waals surface area contributed by atoms with Crippen molar-refractivity contribution in [3.63, 3.8) is 0 Å². The van der Waals surface area contributed by atoms with E-state index < -0.39 is 0 Å². The van der Waals surface area contributed by atoms with E-state index >= 15 is 0 Å². The van der Waals surface area contributed by atoms with Crippen molar-refractivity contribution in [1.29, 1.82) is 0 Å². The van der Waals surface area contributed by atoms with Gasteiger partial charge in [-0.15, -0.1) is 5.10 Å². The van der Waals surface area contributed by atoms with Gasteiger partial charge in [0.25, 0.3) is 0 Å². The molecule has 0 radical (unpaired) electrons.